The highest BCUT2D eigenvalue weighted by atomic mass is 16.7. The van der Waals surface area contributed by atoms with Crippen LogP contribution in [0.25, 0.3) is 0 Å². The summed E-state index contributed by atoms with van der Waals surface area (Å²) in [5.41, 5.74) is 0.514. The summed E-state index contributed by atoms with van der Waals surface area (Å²) >= 11 is 0. The van der Waals surface area contributed by atoms with E-state index in [1.54, 1.807) is 25.1 Å². The monoisotopic (exact) mass is 337 g/mol. The number of hydrogen-bond acceptors (Lipinski definition) is 5. The van der Waals surface area contributed by atoms with E-state index in [0.717, 1.165) is 32.3 Å². The van der Waals surface area contributed by atoms with Crippen LogP contribution >= 0.6 is 0 Å². The van der Waals surface area contributed by atoms with Crippen molar-refractivity contribution in [2.24, 2.45) is 0 Å². The van der Waals surface area contributed by atoms with Gasteiger partial charge in [-0.25, -0.2) is 0 Å². The molecule has 2 atom stereocenters. The number of rotatable bonds is 9. The van der Waals surface area contributed by atoms with Crippen molar-refractivity contribution in [1.29, 1.82) is 0 Å². The van der Waals surface area contributed by atoms with Gasteiger partial charge in [0.2, 0.25) is 0 Å². The highest BCUT2D eigenvalue weighted by molar-refractivity contribution is 5.94. The predicted octanol–water partition coefficient (Wildman–Crippen LogP) is 2.11. The molecular weight excluding hydrogens is 310 g/mol. The molecule has 1 amide bonds. The molecule has 1 saturated heterocycles. The number of hydrogen-bond donors (Lipinski definition) is 2. The van der Waals surface area contributed by atoms with Gasteiger partial charge in [0.05, 0.1) is 19.3 Å². The lowest BCUT2D eigenvalue weighted by Crippen LogP contribution is -2.30. The lowest BCUT2D eigenvalue weighted by Gasteiger charge is -2.22. The first-order chi connectivity index (χ1) is 11.6. The second-order valence-electron chi connectivity index (χ2n) is 5.96. The Morgan fingerprint density at radius 2 is 2.29 bits per heavy atom. The van der Waals surface area contributed by atoms with E-state index in [2.05, 4.69) is 5.32 Å². The molecule has 1 aromatic rings. The molecule has 1 aromatic carbocycles. The van der Waals surface area contributed by atoms with E-state index in [1.807, 2.05) is 6.07 Å². The van der Waals surface area contributed by atoms with Crippen LogP contribution in [0.1, 0.15) is 43.0 Å². The first kappa shape index (κ1) is 18.7. The van der Waals surface area contributed by atoms with E-state index in [4.69, 9.17) is 14.2 Å². The molecule has 1 fully saturated rings. The Labute approximate surface area is 143 Å². The Morgan fingerprint density at radius 3 is 3.04 bits per heavy atom. The number of carbonyl (C=O) groups is 1. The zero-order chi connectivity index (χ0) is 17.2. The zero-order valence-electron chi connectivity index (χ0n) is 14.2. The van der Waals surface area contributed by atoms with E-state index in [9.17, 15) is 9.90 Å². The summed E-state index contributed by atoms with van der Waals surface area (Å²) in [7, 11) is 0. The van der Waals surface area contributed by atoms with Crippen molar-refractivity contribution in [1.82, 2.24) is 5.32 Å². The summed E-state index contributed by atoms with van der Waals surface area (Å²) in [5.74, 6) is 0.424. The molecule has 1 heterocycles. The fourth-order valence-corrected chi connectivity index (χ4v) is 2.38. The second kappa shape index (κ2) is 10.3. The molecule has 6 heteroatoms. The fraction of sp³-hybridized carbons (Fsp3) is 0.611. The predicted molar refractivity (Wildman–Crippen MR) is 90.1 cm³/mol. The van der Waals surface area contributed by atoms with Gasteiger partial charge in [-0.05, 0) is 44.4 Å². The van der Waals surface area contributed by atoms with Crippen LogP contribution in [-0.4, -0.2) is 49.8 Å². The molecule has 0 radical (unpaired) electrons. The number of aliphatic hydroxyl groups is 1. The Balaban J connectivity index is 1.67. The van der Waals surface area contributed by atoms with E-state index in [-0.39, 0.29) is 18.7 Å². The summed E-state index contributed by atoms with van der Waals surface area (Å²) in [5, 5.41) is 11.9. The van der Waals surface area contributed by atoms with Gasteiger partial charge in [0.25, 0.3) is 5.91 Å². The van der Waals surface area contributed by atoms with Crippen LogP contribution in [-0.2, 0) is 9.47 Å². The maximum absolute atomic E-state index is 11.9. The van der Waals surface area contributed by atoms with Crippen molar-refractivity contribution < 1.29 is 24.1 Å². The molecule has 2 rings (SSSR count). The molecule has 0 spiro atoms. The molecule has 2 unspecified atom stereocenters. The summed E-state index contributed by atoms with van der Waals surface area (Å²) in [6, 6.07) is 7.01. The molecule has 2 N–H and O–H groups in total. The van der Waals surface area contributed by atoms with Crippen molar-refractivity contribution in [3.8, 4) is 5.75 Å². The number of ether oxygens (including phenoxy) is 3. The maximum atomic E-state index is 11.9. The van der Waals surface area contributed by atoms with Gasteiger partial charge in [-0.3, -0.25) is 4.79 Å². The summed E-state index contributed by atoms with van der Waals surface area (Å²) in [6.07, 6.45) is 3.36. The molecule has 0 saturated carbocycles. The van der Waals surface area contributed by atoms with Crippen LogP contribution in [0.4, 0.5) is 0 Å². The summed E-state index contributed by atoms with van der Waals surface area (Å²) in [6.45, 7) is 3.75. The van der Waals surface area contributed by atoms with Gasteiger partial charge >= 0.3 is 0 Å². The number of benzene rings is 1. The molecule has 24 heavy (non-hydrogen) atoms. The number of carbonyl (C=O) groups excluding carboxylic acids is 1. The van der Waals surface area contributed by atoms with Gasteiger partial charge in [-0.1, -0.05) is 6.07 Å². The van der Waals surface area contributed by atoms with Gasteiger partial charge < -0.3 is 24.6 Å². The minimum Gasteiger partial charge on any atom is -0.493 e. The van der Waals surface area contributed by atoms with E-state index in [1.165, 1.54) is 0 Å². The second-order valence-corrected chi connectivity index (χ2v) is 5.96. The third kappa shape index (κ3) is 6.86. The van der Waals surface area contributed by atoms with Gasteiger partial charge in [-0.2, -0.15) is 0 Å². The van der Waals surface area contributed by atoms with Crippen LogP contribution in [0, 0.1) is 0 Å². The Bertz CT molecular complexity index is 500. The van der Waals surface area contributed by atoms with Crippen molar-refractivity contribution in [2.45, 2.75) is 45.0 Å². The van der Waals surface area contributed by atoms with Crippen LogP contribution in [0.2, 0.25) is 0 Å². The average Bonchev–Trinajstić information content (AvgIpc) is 2.60. The van der Waals surface area contributed by atoms with Gasteiger partial charge in [0, 0.05) is 25.1 Å². The SMILES string of the molecule is CC(O)CNC(=O)c1cccc(OCCCOC2CCCCO2)c1. The summed E-state index contributed by atoms with van der Waals surface area (Å²) < 4.78 is 16.8. The van der Waals surface area contributed by atoms with Gasteiger partial charge in [0.15, 0.2) is 6.29 Å². The average molecular weight is 337 g/mol. The molecule has 1 aliphatic heterocycles. The normalized spacial score (nSPS) is 18.8. The van der Waals surface area contributed by atoms with E-state index in [0.29, 0.717) is 24.5 Å². The number of nitrogens with one attached hydrogen (secondary N) is 1. The highest BCUT2D eigenvalue weighted by Crippen LogP contribution is 2.15. The molecule has 6 nitrogen and oxygen atoms in total. The Kier molecular flexibility index (Phi) is 8.01. The minimum atomic E-state index is -0.568. The molecule has 0 aliphatic carbocycles. The lowest BCUT2D eigenvalue weighted by molar-refractivity contribution is -0.163. The lowest BCUT2D eigenvalue weighted by atomic mass is 10.2. The van der Waals surface area contributed by atoms with Gasteiger partial charge in [-0.15, -0.1) is 0 Å². The topological polar surface area (TPSA) is 77.0 Å². The standard InChI is InChI=1S/C18H27NO5/c1-14(20)13-19-18(21)15-6-4-7-16(12-15)22-10-5-11-24-17-8-2-3-9-23-17/h4,6-7,12,14,17,20H,2-3,5,8-11,13H2,1H3,(H,19,21). The van der Waals surface area contributed by atoms with Crippen molar-refractivity contribution in [2.75, 3.05) is 26.4 Å². The molecule has 0 aromatic heterocycles. The van der Waals surface area contributed by atoms with Crippen LogP contribution in [0.3, 0.4) is 0 Å². The Morgan fingerprint density at radius 1 is 1.42 bits per heavy atom. The van der Waals surface area contributed by atoms with E-state index < -0.39 is 6.10 Å². The molecular formula is C18H27NO5. The number of amides is 1. The van der Waals surface area contributed by atoms with Gasteiger partial charge in [0.1, 0.15) is 5.75 Å². The first-order valence-corrected chi connectivity index (χ1v) is 8.57. The Hall–Kier alpha value is -1.63. The summed E-state index contributed by atoms with van der Waals surface area (Å²) in [4.78, 5) is 11.9. The molecule has 0 bridgehead atoms. The third-order valence-corrected chi connectivity index (χ3v) is 3.65. The smallest absolute Gasteiger partial charge is 0.251 e. The quantitative estimate of drug-likeness (QED) is 0.675. The zero-order valence-corrected chi connectivity index (χ0v) is 14.2. The largest absolute Gasteiger partial charge is 0.493 e. The van der Waals surface area contributed by atoms with Crippen LogP contribution in [0.5, 0.6) is 5.75 Å². The first-order valence-electron chi connectivity index (χ1n) is 8.57. The van der Waals surface area contributed by atoms with Crippen LogP contribution < -0.4 is 10.1 Å². The highest BCUT2D eigenvalue weighted by Gasteiger charge is 2.13. The number of aliphatic hydroxyl groups excluding tert-OH is 1. The fourth-order valence-electron chi connectivity index (χ4n) is 2.38. The maximum Gasteiger partial charge on any atom is 0.251 e. The van der Waals surface area contributed by atoms with E-state index >= 15 is 0 Å². The van der Waals surface area contributed by atoms with Crippen molar-refractivity contribution >= 4 is 5.91 Å². The third-order valence-electron chi connectivity index (χ3n) is 3.65. The molecule has 134 valence electrons. The van der Waals surface area contributed by atoms with Crippen molar-refractivity contribution in [3.63, 3.8) is 0 Å². The minimum absolute atomic E-state index is 0.0697. The molecule has 1 aliphatic rings. The van der Waals surface area contributed by atoms with Crippen LogP contribution in [0.15, 0.2) is 24.3 Å². The van der Waals surface area contributed by atoms with Crippen molar-refractivity contribution in [3.05, 3.63) is 29.8 Å².